The number of benzene rings is 2. The van der Waals surface area contributed by atoms with Gasteiger partial charge in [-0.25, -0.2) is 9.59 Å². The number of hydrogen-bond donors (Lipinski definition) is 1. The molecule has 0 aliphatic carbocycles. The third kappa shape index (κ3) is 7.52. The van der Waals surface area contributed by atoms with Crippen LogP contribution in [-0.4, -0.2) is 66.3 Å². The van der Waals surface area contributed by atoms with E-state index in [0.29, 0.717) is 50.8 Å². The normalized spacial score (nSPS) is 20.3. The third-order valence-electron chi connectivity index (χ3n) is 7.47. The molecule has 4 rings (SSSR count). The van der Waals surface area contributed by atoms with Crippen molar-refractivity contribution in [2.75, 3.05) is 38.1 Å². The lowest BCUT2D eigenvalue weighted by molar-refractivity contribution is -0.150. The van der Waals surface area contributed by atoms with Crippen LogP contribution in [0.4, 0.5) is 15.3 Å². The Labute approximate surface area is 231 Å². The zero-order chi connectivity index (χ0) is 28.0. The summed E-state index contributed by atoms with van der Waals surface area (Å²) in [6, 6.07) is 17.9. The molecule has 39 heavy (non-hydrogen) atoms. The summed E-state index contributed by atoms with van der Waals surface area (Å²) in [4.78, 5) is 42.3. The van der Waals surface area contributed by atoms with Gasteiger partial charge in [-0.1, -0.05) is 42.5 Å². The highest BCUT2D eigenvalue weighted by atomic mass is 16.6. The third-order valence-corrected chi connectivity index (χ3v) is 7.47. The van der Waals surface area contributed by atoms with Gasteiger partial charge in [-0.05, 0) is 76.1 Å². The van der Waals surface area contributed by atoms with E-state index in [1.165, 1.54) is 5.56 Å². The van der Waals surface area contributed by atoms with Crippen LogP contribution in [0, 0.1) is 5.92 Å². The molecule has 2 atom stereocenters. The van der Waals surface area contributed by atoms with E-state index < -0.39 is 11.7 Å². The summed E-state index contributed by atoms with van der Waals surface area (Å²) >= 11 is 0. The predicted octanol–water partition coefficient (Wildman–Crippen LogP) is 6.00. The van der Waals surface area contributed by atoms with Crippen LogP contribution in [0.1, 0.15) is 69.9 Å². The maximum atomic E-state index is 13.1. The SMILES string of the molecule is CCOC(=O)[C@@H]1CCN(C(=O)OC(C)(C)C)C[C@H]1c1cccc(NC(=O)N2CCC(c3ccccc3)CC2)c1. The van der Waals surface area contributed by atoms with Gasteiger partial charge in [0.25, 0.3) is 0 Å². The van der Waals surface area contributed by atoms with Crippen LogP contribution in [0.5, 0.6) is 0 Å². The average Bonchev–Trinajstić information content (AvgIpc) is 2.92. The van der Waals surface area contributed by atoms with Gasteiger partial charge in [-0.15, -0.1) is 0 Å². The number of piperidine rings is 2. The van der Waals surface area contributed by atoms with Crippen LogP contribution in [-0.2, 0) is 14.3 Å². The predicted molar refractivity (Wildman–Crippen MR) is 151 cm³/mol. The minimum absolute atomic E-state index is 0.125. The second-order valence-corrected chi connectivity index (χ2v) is 11.4. The maximum Gasteiger partial charge on any atom is 0.410 e. The van der Waals surface area contributed by atoms with E-state index in [2.05, 4.69) is 29.6 Å². The van der Waals surface area contributed by atoms with Crippen LogP contribution in [0.25, 0.3) is 0 Å². The zero-order valence-corrected chi connectivity index (χ0v) is 23.5. The van der Waals surface area contributed by atoms with E-state index in [1.54, 1.807) is 11.8 Å². The highest BCUT2D eigenvalue weighted by molar-refractivity contribution is 5.89. The Bertz CT molecular complexity index is 1140. The zero-order valence-electron chi connectivity index (χ0n) is 23.5. The number of carbonyl (C=O) groups is 3. The lowest BCUT2D eigenvalue weighted by atomic mass is 9.80. The molecule has 8 heteroatoms. The molecule has 0 spiro atoms. The number of carbonyl (C=O) groups excluding carboxylic acids is 3. The molecular weight excluding hydrogens is 494 g/mol. The molecule has 210 valence electrons. The number of rotatable bonds is 5. The van der Waals surface area contributed by atoms with Crippen LogP contribution < -0.4 is 5.32 Å². The Morgan fingerprint density at radius 1 is 0.897 bits per heavy atom. The van der Waals surface area contributed by atoms with Gasteiger partial charge in [0.1, 0.15) is 5.60 Å². The van der Waals surface area contributed by atoms with Crippen LogP contribution >= 0.6 is 0 Å². The summed E-state index contributed by atoms with van der Waals surface area (Å²) in [7, 11) is 0. The molecule has 2 aromatic rings. The first kappa shape index (κ1) is 28.5. The summed E-state index contributed by atoms with van der Waals surface area (Å²) in [5.74, 6) is -0.449. The highest BCUT2D eigenvalue weighted by Crippen LogP contribution is 2.35. The Kier molecular flexibility index (Phi) is 9.15. The van der Waals surface area contributed by atoms with Crippen LogP contribution in [0.15, 0.2) is 54.6 Å². The van der Waals surface area contributed by atoms with E-state index in [9.17, 15) is 14.4 Å². The fourth-order valence-electron chi connectivity index (χ4n) is 5.50. The fraction of sp³-hybridized carbons (Fsp3) is 0.516. The second-order valence-electron chi connectivity index (χ2n) is 11.4. The van der Waals surface area contributed by atoms with Gasteiger partial charge in [0.15, 0.2) is 0 Å². The van der Waals surface area contributed by atoms with Crippen molar-refractivity contribution in [3.8, 4) is 0 Å². The first-order valence-electron chi connectivity index (χ1n) is 14.0. The van der Waals surface area contributed by atoms with Gasteiger partial charge in [0, 0.05) is 37.8 Å². The second kappa shape index (κ2) is 12.5. The van der Waals surface area contributed by atoms with Crippen molar-refractivity contribution in [2.24, 2.45) is 5.92 Å². The Balaban J connectivity index is 1.44. The largest absolute Gasteiger partial charge is 0.466 e. The topological polar surface area (TPSA) is 88.2 Å². The molecular formula is C31H41N3O5. The molecule has 2 aromatic carbocycles. The minimum atomic E-state index is -0.607. The maximum absolute atomic E-state index is 13.1. The van der Waals surface area contributed by atoms with Gasteiger partial charge in [0.2, 0.25) is 0 Å². The fourth-order valence-corrected chi connectivity index (χ4v) is 5.50. The summed E-state index contributed by atoms with van der Waals surface area (Å²) in [5, 5.41) is 3.05. The van der Waals surface area contributed by atoms with Crippen molar-refractivity contribution < 1.29 is 23.9 Å². The van der Waals surface area contributed by atoms with E-state index in [4.69, 9.17) is 9.47 Å². The summed E-state index contributed by atoms with van der Waals surface area (Å²) < 4.78 is 11.0. The summed E-state index contributed by atoms with van der Waals surface area (Å²) in [6.07, 6.45) is 1.95. The lowest BCUT2D eigenvalue weighted by Crippen LogP contribution is -2.47. The van der Waals surface area contributed by atoms with Crippen molar-refractivity contribution >= 4 is 23.8 Å². The molecule has 2 heterocycles. The first-order valence-corrected chi connectivity index (χ1v) is 14.0. The number of urea groups is 1. The number of nitrogens with zero attached hydrogens (tertiary/aromatic N) is 2. The van der Waals surface area contributed by atoms with E-state index in [1.807, 2.05) is 56.0 Å². The monoisotopic (exact) mass is 535 g/mol. The molecule has 2 aliphatic rings. The average molecular weight is 536 g/mol. The molecule has 2 aliphatic heterocycles. The van der Waals surface area contributed by atoms with Crippen LogP contribution in [0.3, 0.4) is 0 Å². The molecule has 8 nitrogen and oxygen atoms in total. The first-order chi connectivity index (χ1) is 18.6. The van der Waals surface area contributed by atoms with Gasteiger partial charge in [-0.3, -0.25) is 4.79 Å². The highest BCUT2D eigenvalue weighted by Gasteiger charge is 2.39. The Morgan fingerprint density at radius 2 is 1.56 bits per heavy atom. The molecule has 0 bridgehead atoms. The molecule has 2 fully saturated rings. The molecule has 0 aromatic heterocycles. The van der Waals surface area contributed by atoms with E-state index in [0.717, 1.165) is 18.4 Å². The number of esters is 1. The number of anilines is 1. The lowest BCUT2D eigenvalue weighted by Gasteiger charge is -2.38. The summed E-state index contributed by atoms with van der Waals surface area (Å²) in [6.45, 7) is 9.76. The smallest absolute Gasteiger partial charge is 0.410 e. The molecule has 1 N–H and O–H groups in total. The number of ether oxygens (including phenoxy) is 2. The Morgan fingerprint density at radius 3 is 2.23 bits per heavy atom. The Hall–Kier alpha value is -3.55. The number of nitrogens with one attached hydrogen (secondary N) is 1. The number of likely N-dealkylation sites (tertiary alicyclic amines) is 2. The molecule has 2 saturated heterocycles. The number of hydrogen-bond acceptors (Lipinski definition) is 5. The minimum Gasteiger partial charge on any atom is -0.466 e. The molecule has 3 amide bonds. The van der Waals surface area contributed by atoms with E-state index >= 15 is 0 Å². The molecule has 0 unspecified atom stereocenters. The number of amides is 3. The van der Waals surface area contributed by atoms with Gasteiger partial charge in [-0.2, -0.15) is 0 Å². The van der Waals surface area contributed by atoms with Crippen molar-refractivity contribution in [1.82, 2.24) is 9.80 Å². The van der Waals surface area contributed by atoms with Crippen molar-refractivity contribution in [3.05, 3.63) is 65.7 Å². The van der Waals surface area contributed by atoms with Crippen LogP contribution in [0.2, 0.25) is 0 Å². The molecule has 0 radical (unpaired) electrons. The molecule has 0 saturated carbocycles. The summed E-state index contributed by atoms with van der Waals surface area (Å²) in [5.41, 5.74) is 2.26. The standard InChI is InChI=1S/C31H41N3O5/c1-5-38-28(35)26-16-19-34(30(37)39-31(2,3)4)21-27(26)24-12-9-13-25(20-24)32-29(36)33-17-14-23(15-18-33)22-10-7-6-8-11-22/h6-13,20,23,26-27H,5,14-19,21H2,1-4H3,(H,32,36)/t26-,27+/m1/s1. The van der Waals surface area contributed by atoms with E-state index in [-0.39, 0.29) is 23.8 Å². The van der Waals surface area contributed by atoms with Gasteiger partial charge >= 0.3 is 18.1 Å². The quantitative estimate of drug-likeness (QED) is 0.475. The van der Waals surface area contributed by atoms with Crippen molar-refractivity contribution in [2.45, 2.75) is 64.4 Å². The van der Waals surface area contributed by atoms with Gasteiger partial charge in [0.05, 0.1) is 12.5 Å². The van der Waals surface area contributed by atoms with Gasteiger partial charge < -0.3 is 24.6 Å². The van der Waals surface area contributed by atoms with Crippen molar-refractivity contribution in [3.63, 3.8) is 0 Å². The van der Waals surface area contributed by atoms with Crippen molar-refractivity contribution in [1.29, 1.82) is 0 Å².